The Hall–Kier alpha value is -1.81. The minimum Gasteiger partial charge on any atom is -0.371 e. The third kappa shape index (κ3) is 3.64. The van der Waals surface area contributed by atoms with Crippen molar-refractivity contribution in [3.63, 3.8) is 0 Å². The zero-order chi connectivity index (χ0) is 14.5. The molecule has 112 valence electrons. The fraction of sp³-hybridized carbons (Fsp3) is 0.471. The van der Waals surface area contributed by atoms with E-state index in [4.69, 9.17) is 0 Å². The Morgan fingerprint density at radius 1 is 1.19 bits per heavy atom. The Balaban J connectivity index is 1.41. The number of imidazole rings is 1. The first-order valence-electron chi connectivity index (χ1n) is 7.82. The number of piperidine rings is 1. The highest BCUT2D eigenvalue weighted by Crippen LogP contribution is 2.19. The molecule has 0 unspecified atom stereocenters. The van der Waals surface area contributed by atoms with Gasteiger partial charge in [0.2, 0.25) is 0 Å². The topological polar surface area (TPSA) is 33.1 Å². The van der Waals surface area contributed by atoms with Gasteiger partial charge in [-0.15, -0.1) is 0 Å². The Morgan fingerprint density at radius 2 is 1.95 bits per heavy atom. The van der Waals surface area contributed by atoms with Crippen molar-refractivity contribution in [3.05, 3.63) is 48.5 Å². The first-order chi connectivity index (χ1) is 10.3. The molecule has 1 aliphatic heterocycles. The first kappa shape index (κ1) is 14.1. The summed E-state index contributed by atoms with van der Waals surface area (Å²) in [6.45, 7) is 3.30. The maximum absolute atomic E-state index is 4.36. The van der Waals surface area contributed by atoms with E-state index in [2.05, 4.69) is 57.1 Å². The van der Waals surface area contributed by atoms with Crippen LogP contribution in [0.25, 0.3) is 0 Å². The lowest BCUT2D eigenvalue weighted by Gasteiger charge is -2.34. The Morgan fingerprint density at radius 3 is 2.62 bits per heavy atom. The van der Waals surface area contributed by atoms with Crippen molar-refractivity contribution < 1.29 is 0 Å². The van der Waals surface area contributed by atoms with E-state index in [1.54, 1.807) is 0 Å². The van der Waals surface area contributed by atoms with Crippen LogP contribution in [0.4, 0.5) is 5.69 Å². The van der Waals surface area contributed by atoms with E-state index in [0.29, 0.717) is 6.04 Å². The van der Waals surface area contributed by atoms with Gasteiger partial charge in [0.25, 0.3) is 0 Å². The highest BCUT2D eigenvalue weighted by Gasteiger charge is 2.18. The van der Waals surface area contributed by atoms with Crippen LogP contribution in [0.3, 0.4) is 0 Å². The molecule has 2 aromatic rings. The predicted octanol–water partition coefficient (Wildman–Crippen LogP) is 2.22. The number of para-hydroxylation sites is 1. The van der Waals surface area contributed by atoms with Crippen LogP contribution >= 0.6 is 0 Å². The van der Waals surface area contributed by atoms with Crippen LogP contribution in [-0.4, -0.2) is 35.2 Å². The Bertz CT molecular complexity index is 541. The van der Waals surface area contributed by atoms with Crippen molar-refractivity contribution in [2.75, 3.05) is 24.5 Å². The smallest absolute Gasteiger partial charge is 0.109 e. The van der Waals surface area contributed by atoms with Crippen LogP contribution in [0.2, 0.25) is 0 Å². The molecule has 0 radical (unpaired) electrons. The van der Waals surface area contributed by atoms with Crippen LogP contribution in [0.1, 0.15) is 18.7 Å². The van der Waals surface area contributed by atoms with E-state index >= 15 is 0 Å². The number of nitrogens with one attached hydrogen (secondary N) is 1. The largest absolute Gasteiger partial charge is 0.371 e. The number of anilines is 1. The second-order valence-electron chi connectivity index (χ2n) is 5.76. The molecule has 0 amide bonds. The van der Waals surface area contributed by atoms with Crippen molar-refractivity contribution in [2.45, 2.75) is 25.3 Å². The van der Waals surface area contributed by atoms with Crippen molar-refractivity contribution in [3.8, 4) is 0 Å². The summed E-state index contributed by atoms with van der Waals surface area (Å²) in [6.07, 6.45) is 7.31. The van der Waals surface area contributed by atoms with Gasteiger partial charge in [-0.3, -0.25) is 0 Å². The number of aryl methyl sites for hydroxylation is 1. The van der Waals surface area contributed by atoms with Crippen LogP contribution in [0.15, 0.2) is 42.7 Å². The SMILES string of the molecule is Cn1ccnc1CCNC1CCN(c2ccccc2)CC1. The summed E-state index contributed by atoms with van der Waals surface area (Å²) in [5.74, 6) is 1.16. The van der Waals surface area contributed by atoms with Gasteiger partial charge in [0.05, 0.1) is 0 Å². The fourth-order valence-corrected chi connectivity index (χ4v) is 3.01. The summed E-state index contributed by atoms with van der Waals surface area (Å²) in [6, 6.07) is 11.4. The molecule has 0 saturated carbocycles. The number of hydrogen-bond acceptors (Lipinski definition) is 3. The lowest BCUT2D eigenvalue weighted by atomic mass is 10.0. The van der Waals surface area contributed by atoms with Crippen LogP contribution in [0, 0.1) is 0 Å². The number of nitrogens with zero attached hydrogens (tertiary/aromatic N) is 3. The maximum Gasteiger partial charge on any atom is 0.109 e. The van der Waals surface area contributed by atoms with E-state index in [9.17, 15) is 0 Å². The van der Waals surface area contributed by atoms with Crippen molar-refractivity contribution >= 4 is 5.69 Å². The molecule has 1 aromatic heterocycles. The van der Waals surface area contributed by atoms with Crippen LogP contribution in [0.5, 0.6) is 0 Å². The van der Waals surface area contributed by atoms with E-state index in [-0.39, 0.29) is 0 Å². The molecule has 0 spiro atoms. The van der Waals surface area contributed by atoms with Gasteiger partial charge in [-0.05, 0) is 25.0 Å². The molecule has 0 atom stereocenters. The highest BCUT2D eigenvalue weighted by molar-refractivity contribution is 5.46. The normalized spacial score (nSPS) is 16.3. The number of rotatable bonds is 5. The summed E-state index contributed by atoms with van der Waals surface area (Å²) in [5.41, 5.74) is 1.35. The highest BCUT2D eigenvalue weighted by atomic mass is 15.1. The molecule has 1 saturated heterocycles. The standard InChI is InChI=1S/C17H24N4/c1-20-14-11-19-17(20)7-10-18-15-8-12-21(13-9-15)16-5-3-2-4-6-16/h2-6,11,14-15,18H,7-10,12-13H2,1H3. The number of hydrogen-bond donors (Lipinski definition) is 1. The van der Waals surface area contributed by atoms with E-state index < -0.39 is 0 Å². The minimum atomic E-state index is 0.644. The maximum atomic E-state index is 4.36. The quantitative estimate of drug-likeness (QED) is 0.914. The lowest BCUT2D eigenvalue weighted by Crippen LogP contribution is -2.43. The zero-order valence-corrected chi connectivity index (χ0v) is 12.7. The third-order valence-electron chi connectivity index (χ3n) is 4.32. The lowest BCUT2D eigenvalue weighted by molar-refractivity contribution is 0.415. The molecule has 1 aromatic carbocycles. The molecule has 0 bridgehead atoms. The molecule has 4 nitrogen and oxygen atoms in total. The monoisotopic (exact) mass is 284 g/mol. The third-order valence-corrected chi connectivity index (χ3v) is 4.32. The molecule has 1 aliphatic rings. The average Bonchev–Trinajstić information content (AvgIpc) is 2.94. The van der Waals surface area contributed by atoms with Gasteiger partial charge in [-0.1, -0.05) is 18.2 Å². The summed E-state index contributed by atoms with van der Waals surface area (Å²) < 4.78 is 2.10. The minimum absolute atomic E-state index is 0.644. The molecule has 1 N–H and O–H groups in total. The van der Waals surface area contributed by atoms with Crippen molar-refractivity contribution in [1.82, 2.24) is 14.9 Å². The van der Waals surface area contributed by atoms with Crippen LogP contribution < -0.4 is 10.2 Å². The molecule has 21 heavy (non-hydrogen) atoms. The summed E-state index contributed by atoms with van der Waals surface area (Å²) in [4.78, 5) is 6.85. The summed E-state index contributed by atoms with van der Waals surface area (Å²) >= 11 is 0. The number of aromatic nitrogens is 2. The number of benzene rings is 1. The summed E-state index contributed by atoms with van der Waals surface area (Å²) in [7, 11) is 2.06. The van der Waals surface area contributed by atoms with Crippen molar-refractivity contribution in [1.29, 1.82) is 0 Å². The molecule has 0 aliphatic carbocycles. The van der Waals surface area contributed by atoms with E-state index in [1.807, 2.05) is 12.4 Å². The molecule has 4 heteroatoms. The molecule has 2 heterocycles. The molecule has 3 rings (SSSR count). The fourth-order valence-electron chi connectivity index (χ4n) is 3.01. The zero-order valence-electron chi connectivity index (χ0n) is 12.7. The van der Waals surface area contributed by atoms with Gasteiger partial charge in [0.1, 0.15) is 5.82 Å². The van der Waals surface area contributed by atoms with Gasteiger partial charge < -0.3 is 14.8 Å². The van der Waals surface area contributed by atoms with Gasteiger partial charge in [0, 0.05) is 57.2 Å². The van der Waals surface area contributed by atoms with Crippen molar-refractivity contribution in [2.24, 2.45) is 7.05 Å². The van der Waals surface area contributed by atoms with Gasteiger partial charge >= 0.3 is 0 Å². The van der Waals surface area contributed by atoms with Crippen LogP contribution in [-0.2, 0) is 13.5 Å². The molecular formula is C17H24N4. The second kappa shape index (κ2) is 6.76. The second-order valence-corrected chi connectivity index (χ2v) is 5.76. The molecular weight excluding hydrogens is 260 g/mol. The van der Waals surface area contributed by atoms with Gasteiger partial charge in [-0.25, -0.2) is 4.98 Å². The predicted molar refractivity (Wildman–Crippen MR) is 86.6 cm³/mol. The van der Waals surface area contributed by atoms with Gasteiger partial charge in [0.15, 0.2) is 0 Å². The Labute approximate surface area is 126 Å². The van der Waals surface area contributed by atoms with Gasteiger partial charge in [-0.2, -0.15) is 0 Å². The van der Waals surface area contributed by atoms with E-state index in [1.165, 1.54) is 18.5 Å². The van der Waals surface area contributed by atoms with E-state index in [0.717, 1.165) is 31.9 Å². The molecule has 1 fully saturated rings. The summed E-state index contributed by atoms with van der Waals surface area (Å²) in [5, 5.41) is 3.68. The first-order valence-corrected chi connectivity index (χ1v) is 7.82. The average molecular weight is 284 g/mol. The Kier molecular flexibility index (Phi) is 4.55.